The van der Waals surface area contributed by atoms with Crippen molar-refractivity contribution in [2.24, 2.45) is 7.05 Å². The highest BCUT2D eigenvalue weighted by molar-refractivity contribution is 5.75. The van der Waals surface area contributed by atoms with E-state index < -0.39 is 10.5 Å². The predicted octanol–water partition coefficient (Wildman–Crippen LogP) is 0.716. The standard InChI is InChI=1S/C11H16N4O4/c1-7(16)14-6-9(11(14,2)3)19-10-8(15(17)18)5-13(4)12-10/h5,9H,6H2,1-4H3. The van der Waals surface area contributed by atoms with E-state index in [1.807, 2.05) is 13.8 Å². The van der Waals surface area contributed by atoms with Gasteiger partial charge in [-0.15, -0.1) is 5.10 Å². The lowest BCUT2D eigenvalue weighted by Crippen LogP contribution is -2.70. The van der Waals surface area contributed by atoms with E-state index in [9.17, 15) is 14.9 Å². The van der Waals surface area contributed by atoms with Crippen LogP contribution in [0.15, 0.2) is 6.20 Å². The van der Waals surface area contributed by atoms with Gasteiger partial charge in [-0.2, -0.15) is 0 Å². The molecule has 1 saturated heterocycles. The number of hydrogen-bond donors (Lipinski definition) is 0. The highest BCUT2D eigenvalue weighted by Crippen LogP contribution is 2.35. The van der Waals surface area contributed by atoms with E-state index in [0.29, 0.717) is 6.54 Å². The van der Waals surface area contributed by atoms with Gasteiger partial charge in [0.2, 0.25) is 5.91 Å². The van der Waals surface area contributed by atoms with Crippen molar-refractivity contribution in [1.82, 2.24) is 14.7 Å². The van der Waals surface area contributed by atoms with E-state index >= 15 is 0 Å². The average Bonchev–Trinajstić information content (AvgIpc) is 2.64. The second kappa shape index (κ2) is 4.22. The number of aryl methyl sites for hydroxylation is 1. The molecule has 1 unspecified atom stereocenters. The fourth-order valence-corrected chi connectivity index (χ4v) is 2.20. The predicted molar refractivity (Wildman–Crippen MR) is 65.7 cm³/mol. The number of ether oxygens (including phenoxy) is 1. The summed E-state index contributed by atoms with van der Waals surface area (Å²) >= 11 is 0. The van der Waals surface area contributed by atoms with Crippen molar-refractivity contribution in [3.63, 3.8) is 0 Å². The van der Waals surface area contributed by atoms with Crippen molar-refractivity contribution >= 4 is 11.6 Å². The van der Waals surface area contributed by atoms with Crippen molar-refractivity contribution in [1.29, 1.82) is 0 Å². The summed E-state index contributed by atoms with van der Waals surface area (Å²) in [6.45, 7) is 5.62. The first-order valence-electron chi connectivity index (χ1n) is 5.86. The lowest BCUT2D eigenvalue weighted by atomic mass is 9.85. The molecular weight excluding hydrogens is 252 g/mol. The second-order valence-corrected chi connectivity index (χ2v) is 5.14. The number of carbonyl (C=O) groups is 1. The maximum atomic E-state index is 11.4. The Balaban J connectivity index is 2.16. The minimum atomic E-state index is -0.531. The van der Waals surface area contributed by atoms with Crippen LogP contribution in [0.3, 0.4) is 0 Å². The summed E-state index contributed by atoms with van der Waals surface area (Å²) in [5, 5.41) is 14.8. The molecule has 0 radical (unpaired) electrons. The van der Waals surface area contributed by atoms with Crippen molar-refractivity contribution in [2.75, 3.05) is 6.54 Å². The molecule has 2 rings (SSSR count). The van der Waals surface area contributed by atoms with Crippen LogP contribution in [-0.4, -0.2) is 43.7 Å². The van der Waals surface area contributed by atoms with Crippen molar-refractivity contribution in [3.05, 3.63) is 16.3 Å². The van der Waals surface area contributed by atoms with Gasteiger partial charge in [-0.25, -0.2) is 0 Å². The quantitative estimate of drug-likeness (QED) is 0.595. The van der Waals surface area contributed by atoms with Gasteiger partial charge in [0.25, 0.3) is 0 Å². The molecule has 1 fully saturated rings. The Morgan fingerprint density at radius 1 is 1.63 bits per heavy atom. The van der Waals surface area contributed by atoms with Crippen LogP contribution in [0.25, 0.3) is 0 Å². The molecule has 0 aliphatic carbocycles. The van der Waals surface area contributed by atoms with Crippen LogP contribution in [0.4, 0.5) is 5.69 Å². The number of nitrogens with zero attached hydrogens (tertiary/aromatic N) is 4. The van der Waals surface area contributed by atoms with Gasteiger partial charge in [0.1, 0.15) is 12.3 Å². The van der Waals surface area contributed by atoms with Crippen LogP contribution in [0.1, 0.15) is 20.8 Å². The summed E-state index contributed by atoms with van der Waals surface area (Å²) in [6, 6.07) is 0. The molecule has 1 amide bonds. The first kappa shape index (κ1) is 13.3. The Bertz CT molecular complexity index is 537. The maximum Gasteiger partial charge on any atom is 0.350 e. The van der Waals surface area contributed by atoms with Crippen LogP contribution in [0.2, 0.25) is 0 Å². The van der Waals surface area contributed by atoms with Crippen molar-refractivity contribution in [3.8, 4) is 5.88 Å². The maximum absolute atomic E-state index is 11.4. The first-order valence-corrected chi connectivity index (χ1v) is 5.86. The average molecular weight is 268 g/mol. The molecule has 8 heteroatoms. The van der Waals surface area contributed by atoms with Gasteiger partial charge in [0.15, 0.2) is 0 Å². The number of amides is 1. The van der Waals surface area contributed by atoms with Crippen LogP contribution in [0.5, 0.6) is 5.88 Å². The van der Waals surface area contributed by atoms with E-state index in [2.05, 4.69) is 5.10 Å². The zero-order valence-corrected chi connectivity index (χ0v) is 11.3. The Morgan fingerprint density at radius 2 is 2.26 bits per heavy atom. The van der Waals surface area contributed by atoms with Gasteiger partial charge < -0.3 is 9.64 Å². The molecule has 1 aliphatic rings. The molecule has 1 atom stereocenters. The fourth-order valence-electron chi connectivity index (χ4n) is 2.20. The summed E-state index contributed by atoms with van der Waals surface area (Å²) in [4.78, 5) is 23.4. The zero-order valence-electron chi connectivity index (χ0n) is 11.3. The molecule has 1 aliphatic heterocycles. The summed E-state index contributed by atoms with van der Waals surface area (Å²) in [7, 11) is 1.59. The number of likely N-dealkylation sites (tertiary alicyclic amines) is 1. The molecule has 0 N–H and O–H groups in total. The van der Waals surface area contributed by atoms with E-state index in [-0.39, 0.29) is 23.6 Å². The number of carbonyl (C=O) groups excluding carboxylic acids is 1. The Labute approximate surface area is 110 Å². The topological polar surface area (TPSA) is 90.5 Å². The Kier molecular flexibility index (Phi) is 2.95. The molecule has 8 nitrogen and oxygen atoms in total. The van der Waals surface area contributed by atoms with E-state index in [1.165, 1.54) is 17.8 Å². The van der Waals surface area contributed by atoms with E-state index in [1.54, 1.807) is 11.9 Å². The molecule has 0 aromatic carbocycles. The van der Waals surface area contributed by atoms with Gasteiger partial charge in [0, 0.05) is 14.0 Å². The number of hydrogen-bond acceptors (Lipinski definition) is 5. The Hall–Kier alpha value is -2.12. The van der Waals surface area contributed by atoms with Crippen LogP contribution < -0.4 is 4.74 Å². The van der Waals surface area contributed by atoms with E-state index in [0.717, 1.165) is 0 Å². The SMILES string of the molecule is CC(=O)N1CC(Oc2nn(C)cc2[N+](=O)[O-])C1(C)C. The Morgan fingerprint density at radius 3 is 2.74 bits per heavy atom. The number of rotatable bonds is 3. The normalized spacial score (nSPS) is 20.8. The summed E-state index contributed by atoms with van der Waals surface area (Å²) in [6.07, 6.45) is 0.994. The molecule has 1 aromatic heterocycles. The van der Waals surface area contributed by atoms with E-state index in [4.69, 9.17) is 4.74 Å². The summed E-state index contributed by atoms with van der Waals surface area (Å²) in [5.41, 5.74) is -0.656. The van der Waals surface area contributed by atoms with Gasteiger partial charge >= 0.3 is 11.6 Å². The first-order chi connectivity index (χ1) is 8.73. The van der Waals surface area contributed by atoms with Gasteiger partial charge in [-0.3, -0.25) is 19.6 Å². The second-order valence-electron chi connectivity index (χ2n) is 5.14. The molecule has 0 bridgehead atoms. The fraction of sp³-hybridized carbons (Fsp3) is 0.636. The lowest BCUT2D eigenvalue weighted by Gasteiger charge is -2.53. The van der Waals surface area contributed by atoms with Crippen LogP contribution in [-0.2, 0) is 11.8 Å². The monoisotopic (exact) mass is 268 g/mol. The van der Waals surface area contributed by atoms with Crippen molar-refractivity contribution in [2.45, 2.75) is 32.4 Å². The van der Waals surface area contributed by atoms with Crippen LogP contribution in [0, 0.1) is 10.1 Å². The zero-order chi connectivity index (χ0) is 14.4. The third-order valence-corrected chi connectivity index (χ3v) is 3.44. The van der Waals surface area contributed by atoms with Gasteiger partial charge in [-0.05, 0) is 13.8 Å². The molecule has 0 spiro atoms. The molecule has 1 aromatic rings. The number of nitro groups is 1. The molecule has 19 heavy (non-hydrogen) atoms. The minimum Gasteiger partial charge on any atom is -0.464 e. The van der Waals surface area contributed by atoms with Gasteiger partial charge in [0.05, 0.1) is 17.0 Å². The third-order valence-electron chi connectivity index (χ3n) is 3.44. The van der Waals surface area contributed by atoms with Crippen molar-refractivity contribution < 1.29 is 14.5 Å². The number of aromatic nitrogens is 2. The smallest absolute Gasteiger partial charge is 0.350 e. The highest BCUT2D eigenvalue weighted by Gasteiger charge is 2.50. The molecule has 2 heterocycles. The highest BCUT2D eigenvalue weighted by atomic mass is 16.6. The summed E-state index contributed by atoms with van der Waals surface area (Å²) < 4.78 is 6.93. The summed E-state index contributed by atoms with van der Waals surface area (Å²) in [5.74, 6) is -0.0471. The van der Waals surface area contributed by atoms with Gasteiger partial charge in [-0.1, -0.05) is 0 Å². The molecular formula is C11H16N4O4. The van der Waals surface area contributed by atoms with Crippen LogP contribution >= 0.6 is 0 Å². The largest absolute Gasteiger partial charge is 0.464 e. The molecule has 104 valence electrons. The third kappa shape index (κ3) is 2.13. The minimum absolute atomic E-state index is 0.00576. The lowest BCUT2D eigenvalue weighted by molar-refractivity contribution is -0.386. The molecule has 0 saturated carbocycles.